The van der Waals surface area contributed by atoms with Crippen LogP contribution in [0.2, 0.25) is 0 Å². The third-order valence-electron chi connectivity index (χ3n) is 6.03. The Bertz CT molecular complexity index is 1310. The van der Waals surface area contributed by atoms with Crippen molar-refractivity contribution >= 4 is 17.4 Å². The van der Waals surface area contributed by atoms with Crippen molar-refractivity contribution in [1.82, 2.24) is 4.98 Å². The number of hydrogen-bond donors (Lipinski definition) is 1. The van der Waals surface area contributed by atoms with Gasteiger partial charge in [-0.1, -0.05) is 30.3 Å². The molecule has 1 atom stereocenters. The van der Waals surface area contributed by atoms with Gasteiger partial charge in [0.1, 0.15) is 11.5 Å². The van der Waals surface area contributed by atoms with Gasteiger partial charge in [-0.3, -0.25) is 9.80 Å². The molecular weight excluding hydrogens is 478 g/mol. The van der Waals surface area contributed by atoms with Crippen molar-refractivity contribution in [2.45, 2.75) is 38.4 Å². The zero-order valence-corrected chi connectivity index (χ0v) is 19.5. The van der Waals surface area contributed by atoms with Crippen molar-refractivity contribution in [3.63, 3.8) is 0 Å². The van der Waals surface area contributed by atoms with Crippen molar-refractivity contribution in [2.24, 2.45) is 5.10 Å². The van der Waals surface area contributed by atoms with Gasteiger partial charge in [0.05, 0.1) is 31.5 Å². The van der Waals surface area contributed by atoms with E-state index in [1.807, 2.05) is 25.1 Å². The maximum atomic E-state index is 14.3. The monoisotopic (exact) mass is 501 g/mol. The second kappa shape index (κ2) is 9.96. The predicted octanol–water partition coefficient (Wildman–Crippen LogP) is 5.77. The van der Waals surface area contributed by atoms with Crippen molar-refractivity contribution in [3.05, 3.63) is 77.2 Å². The molecule has 0 aliphatic carbocycles. The fourth-order valence-electron chi connectivity index (χ4n) is 4.16. The molecule has 36 heavy (non-hydrogen) atoms. The van der Waals surface area contributed by atoms with Gasteiger partial charge in [0.25, 0.3) is 0 Å². The van der Waals surface area contributed by atoms with E-state index in [0.29, 0.717) is 29.1 Å². The van der Waals surface area contributed by atoms with Crippen LogP contribution in [0.1, 0.15) is 29.5 Å². The van der Waals surface area contributed by atoms with E-state index in [1.165, 1.54) is 13.2 Å². The number of aromatic nitrogens is 1. The summed E-state index contributed by atoms with van der Waals surface area (Å²) in [4.78, 5) is 15.0. The molecule has 0 amide bonds. The lowest BCUT2D eigenvalue weighted by molar-refractivity contribution is -0.137. The molecule has 1 N–H and O–H groups in total. The van der Waals surface area contributed by atoms with Crippen LogP contribution in [0.15, 0.2) is 59.8 Å². The average Bonchev–Trinajstić information content (AvgIpc) is 3.25. The summed E-state index contributed by atoms with van der Waals surface area (Å²) in [6.07, 6.45) is -3.89. The Labute approximate surface area is 204 Å². The predicted molar refractivity (Wildman–Crippen MR) is 127 cm³/mol. The number of alkyl halides is 3. The average molecular weight is 501 g/mol. The summed E-state index contributed by atoms with van der Waals surface area (Å²) in [5.41, 5.74) is 3.29. The van der Waals surface area contributed by atoms with E-state index in [0.717, 1.165) is 27.9 Å². The van der Waals surface area contributed by atoms with Gasteiger partial charge in [0, 0.05) is 18.1 Å². The number of rotatable bonds is 7. The standard InChI is InChI=1S/C26H23F4N3O3/c1-15-9-18(21-13-24(36-2)31-14-22(21)27)6-5-17(15)10-16-3-7-19(8-4-16)33-20(12-25(34)35)11-23(32-33)26(28,29)30/h3-9,13-14,20H,10-12H2,1-2H3,(H,34,35). The summed E-state index contributed by atoms with van der Waals surface area (Å²) in [7, 11) is 1.46. The molecule has 0 fully saturated rings. The number of methoxy groups -OCH3 is 1. The molecule has 10 heteroatoms. The SMILES string of the molecule is COc1cc(-c2ccc(Cc3ccc(N4N=C(C(F)(F)F)CC4CC(=O)O)cc3)c(C)c2)c(F)cn1. The number of carbonyl (C=O) groups is 1. The molecule has 2 aromatic carbocycles. The second-order valence-electron chi connectivity index (χ2n) is 8.54. The van der Waals surface area contributed by atoms with Crippen molar-refractivity contribution < 1.29 is 32.2 Å². The van der Waals surface area contributed by atoms with Gasteiger partial charge < -0.3 is 9.84 Å². The van der Waals surface area contributed by atoms with Crippen molar-refractivity contribution in [1.29, 1.82) is 0 Å². The first kappa shape index (κ1) is 25.2. The number of hydrogen-bond acceptors (Lipinski definition) is 5. The van der Waals surface area contributed by atoms with Gasteiger partial charge in [-0.2, -0.15) is 18.3 Å². The van der Waals surface area contributed by atoms with E-state index in [1.54, 1.807) is 24.3 Å². The zero-order chi connectivity index (χ0) is 26.0. The molecule has 1 unspecified atom stereocenters. The first-order valence-corrected chi connectivity index (χ1v) is 11.1. The van der Waals surface area contributed by atoms with Crippen LogP contribution >= 0.6 is 0 Å². The summed E-state index contributed by atoms with van der Waals surface area (Å²) >= 11 is 0. The molecule has 3 aromatic rings. The number of anilines is 1. The highest BCUT2D eigenvalue weighted by Gasteiger charge is 2.43. The Morgan fingerprint density at radius 2 is 1.89 bits per heavy atom. The number of ether oxygens (including phenoxy) is 1. The summed E-state index contributed by atoms with van der Waals surface area (Å²) < 4.78 is 58.9. The Morgan fingerprint density at radius 3 is 2.50 bits per heavy atom. The number of benzene rings is 2. The van der Waals surface area contributed by atoms with Crippen molar-refractivity contribution in [3.8, 4) is 17.0 Å². The molecule has 0 bridgehead atoms. The van der Waals surface area contributed by atoms with Gasteiger partial charge in [-0.15, -0.1) is 0 Å². The number of carboxylic acid groups (broad SMARTS) is 1. The molecule has 1 aliphatic rings. The maximum absolute atomic E-state index is 14.3. The van der Waals surface area contributed by atoms with Crippen molar-refractivity contribution in [2.75, 3.05) is 12.1 Å². The van der Waals surface area contributed by atoms with Gasteiger partial charge in [-0.05, 0) is 47.7 Å². The normalized spacial score (nSPS) is 15.7. The topological polar surface area (TPSA) is 75.0 Å². The minimum Gasteiger partial charge on any atom is -0.481 e. The number of hydrazone groups is 1. The van der Waals surface area contributed by atoms with E-state index >= 15 is 0 Å². The van der Waals surface area contributed by atoms with E-state index in [4.69, 9.17) is 9.84 Å². The summed E-state index contributed by atoms with van der Waals surface area (Å²) in [6.45, 7) is 1.91. The first-order chi connectivity index (χ1) is 17.0. The Balaban J connectivity index is 1.53. The maximum Gasteiger partial charge on any atom is 0.431 e. The molecule has 188 valence electrons. The van der Waals surface area contributed by atoms with Crippen LogP contribution in [-0.2, 0) is 11.2 Å². The highest BCUT2D eigenvalue weighted by Crippen LogP contribution is 2.33. The molecule has 2 heterocycles. The van der Waals surface area contributed by atoms with Gasteiger partial charge in [0.15, 0.2) is 0 Å². The lowest BCUT2D eigenvalue weighted by Gasteiger charge is -2.22. The summed E-state index contributed by atoms with van der Waals surface area (Å²) in [5, 5.41) is 13.9. The Hall–Kier alpha value is -3.95. The van der Waals surface area contributed by atoms with Gasteiger partial charge >= 0.3 is 12.1 Å². The zero-order valence-electron chi connectivity index (χ0n) is 19.5. The fraction of sp³-hybridized carbons (Fsp3) is 0.269. The van der Waals surface area contributed by atoms with Crippen LogP contribution in [0.25, 0.3) is 11.1 Å². The number of halogens is 4. The van der Waals surface area contributed by atoms with Crippen LogP contribution in [0.3, 0.4) is 0 Å². The smallest absolute Gasteiger partial charge is 0.431 e. The van der Waals surface area contributed by atoms with E-state index in [2.05, 4.69) is 10.1 Å². The largest absolute Gasteiger partial charge is 0.481 e. The first-order valence-electron chi connectivity index (χ1n) is 11.1. The lowest BCUT2D eigenvalue weighted by atomic mass is 9.96. The molecule has 4 rings (SSSR count). The Morgan fingerprint density at radius 1 is 1.17 bits per heavy atom. The fourth-order valence-corrected chi connectivity index (χ4v) is 4.16. The second-order valence-corrected chi connectivity index (χ2v) is 8.54. The van der Waals surface area contributed by atoms with Crippen LogP contribution in [0, 0.1) is 12.7 Å². The van der Waals surface area contributed by atoms with Crippen LogP contribution in [0.5, 0.6) is 5.88 Å². The molecule has 1 aliphatic heterocycles. The molecule has 0 radical (unpaired) electrons. The number of carboxylic acids is 1. The van der Waals surface area contributed by atoms with Crippen LogP contribution in [-0.4, -0.2) is 41.1 Å². The minimum absolute atomic E-state index is 0.309. The number of aryl methyl sites for hydroxylation is 1. The molecule has 0 saturated carbocycles. The number of pyridine rings is 1. The van der Waals surface area contributed by atoms with E-state index < -0.39 is 42.6 Å². The van der Waals surface area contributed by atoms with Crippen LogP contribution in [0.4, 0.5) is 23.2 Å². The summed E-state index contributed by atoms with van der Waals surface area (Å²) in [6, 6.07) is 13.0. The molecule has 0 saturated heterocycles. The van der Waals surface area contributed by atoms with E-state index in [9.17, 15) is 22.4 Å². The Kier molecular flexibility index (Phi) is 6.96. The molecule has 6 nitrogen and oxygen atoms in total. The quantitative estimate of drug-likeness (QED) is 0.416. The summed E-state index contributed by atoms with van der Waals surface area (Å²) in [5.74, 6) is -1.34. The van der Waals surface area contributed by atoms with Gasteiger partial charge in [-0.25, -0.2) is 9.37 Å². The minimum atomic E-state index is -4.61. The number of aliphatic carboxylic acids is 1. The number of nitrogens with zero attached hydrogens (tertiary/aromatic N) is 3. The van der Waals surface area contributed by atoms with Crippen LogP contribution < -0.4 is 9.75 Å². The molecule has 0 spiro atoms. The highest BCUT2D eigenvalue weighted by atomic mass is 19.4. The molecule has 1 aromatic heterocycles. The third kappa shape index (κ3) is 5.48. The van der Waals surface area contributed by atoms with E-state index in [-0.39, 0.29) is 0 Å². The van der Waals surface area contributed by atoms with Gasteiger partial charge in [0.2, 0.25) is 5.88 Å². The third-order valence-corrected chi connectivity index (χ3v) is 6.03. The highest BCUT2D eigenvalue weighted by molar-refractivity contribution is 5.94. The molecular formula is C26H23F4N3O3. The lowest BCUT2D eigenvalue weighted by Crippen LogP contribution is -2.29.